The Kier molecular flexibility index (Phi) is 8.75. The fraction of sp³-hybridized carbons (Fsp3) is 1.00. The fourth-order valence-electron chi connectivity index (χ4n) is 5.43. The normalized spacial score (nSPS) is 28.3. The van der Waals surface area contributed by atoms with E-state index in [1.807, 2.05) is 0 Å². The highest BCUT2D eigenvalue weighted by Crippen LogP contribution is 2.62. The van der Waals surface area contributed by atoms with E-state index in [9.17, 15) is 57.1 Å². The van der Waals surface area contributed by atoms with Crippen LogP contribution in [0.3, 0.4) is 0 Å². The third-order valence-corrected chi connectivity index (χ3v) is 7.77. The average molecular weight is 540 g/mol. The highest BCUT2D eigenvalue weighted by molar-refractivity contribution is 5.11. The van der Waals surface area contributed by atoms with Crippen LogP contribution in [-0.4, -0.2) is 35.8 Å². The van der Waals surface area contributed by atoms with Gasteiger partial charge >= 0.3 is 35.8 Å². The first kappa shape index (κ1) is 30.3. The minimum absolute atomic E-state index is 0.0820. The molecule has 0 N–H and O–H groups in total. The molecule has 0 nitrogen and oxygen atoms in total. The van der Waals surface area contributed by atoms with Gasteiger partial charge in [-0.2, -0.15) is 57.1 Å². The van der Waals surface area contributed by atoms with Gasteiger partial charge in [0.1, 0.15) is 0 Å². The van der Waals surface area contributed by atoms with Gasteiger partial charge in [0.15, 0.2) is 0 Å². The van der Waals surface area contributed by atoms with Crippen molar-refractivity contribution in [2.75, 3.05) is 0 Å². The van der Waals surface area contributed by atoms with Crippen LogP contribution >= 0.6 is 0 Å². The van der Waals surface area contributed by atoms with Crippen molar-refractivity contribution in [2.24, 2.45) is 23.7 Å². The molecular weight excluding hydrogens is 511 g/mol. The van der Waals surface area contributed by atoms with Gasteiger partial charge in [-0.3, -0.25) is 0 Å². The Hall–Kier alpha value is -0.910. The number of hydrogen-bond donors (Lipinski definition) is 0. The van der Waals surface area contributed by atoms with E-state index in [1.54, 1.807) is 0 Å². The summed E-state index contributed by atoms with van der Waals surface area (Å²) in [4.78, 5) is 0. The minimum Gasteiger partial charge on any atom is -0.199 e. The van der Waals surface area contributed by atoms with Crippen LogP contribution in [0.1, 0.15) is 77.6 Å². The van der Waals surface area contributed by atoms with Crippen LogP contribution in [0.4, 0.5) is 57.1 Å². The zero-order chi connectivity index (χ0) is 27.1. The highest BCUT2D eigenvalue weighted by Gasteiger charge is 2.91. The zero-order valence-corrected chi connectivity index (χ0v) is 19.0. The van der Waals surface area contributed by atoms with Crippen molar-refractivity contribution in [2.45, 2.75) is 113 Å². The first-order chi connectivity index (χ1) is 15.8. The maximum absolute atomic E-state index is 14.4. The van der Waals surface area contributed by atoms with Crippen molar-refractivity contribution in [1.82, 2.24) is 0 Å². The lowest BCUT2D eigenvalue weighted by Gasteiger charge is -2.44. The summed E-state index contributed by atoms with van der Waals surface area (Å²) in [6.45, 7) is 2.06. The Morgan fingerprint density at radius 1 is 0.514 bits per heavy atom. The fourth-order valence-corrected chi connectivity index (χ4v) is 5.43. The Morgan fingerprint density at radius 3 is 1.31 bits per heavy atom. The van der Waals surface area contributed by atoms with Crippen LogP contribution in [0.5, 0.6) is 0 Å². The molecule has 2 aliphatic carbocycles. The number of hydrogen-bond acceptors (Lipinski definition) is 0. The molecule has 2 aliphatic rings. The van der Waals surface area contributed by atoms with Crippen LogP contribution in [0.2, 0.25) is 0 Å². The summed E-state index contributed by atoms with van der Waals surface area (Å²) in [6.07, 6.45) is -2.50. The lowest BCUT2D eigenvalue weighted by Crippen LogP contribution is -2.71. The van der Waals surface area contributed by atoms with E-state index in [1.165, 1.54) is 0 Å². The van der Waals surface area contributed by atoms with Crippen molar-refractivity contribution in [3.8, 4) is 0 Å². The van der Waals surface area contributed by atoms with Crippen LogP contribution in [-0.2, 0) is 0 Å². The first-order valence-electron chi connectivity index (χ1n) is 11.7. The van der Waals surface area contributed by atoms with Gasteiger partial charge < -0.3 is 0 Å². The molecule has 0 aromatic rings. The van der Waals surface area contributed by atoms with Gasteiger partial charge in [0.05, 0.1) is 0 Å². The molecule has 2 fully saturated rings. The number of halogens is 13. The van der Waals surface area contributed by atoms with Crippen LogP contribution in [0.25, 0.3) is 0 Å². The molecule has 0 spiro atoms. The molecule has 0 aromatic carbocycles. The van der Waals surface area contributed by atoms with Crippen molar-refractivity contribution in [3.63, 3.8) is 0 Å². The highest BCUT2D eigenvalue weighted by atomic mass is 19.4. The Morgan fingerprint density at radius 2 is 0.914 bits per heavy atom. The van der Waals surface area contributed by atoms with E-state index in [2.05, 4.69) is 6.92 Å². The van der Waals surface area contributed by atoms with E-state index < -0.39 is 54.5 Å². The predicted molar refractivity (Wildman–Crippen MR) is 101 cm³/mol. The summed E-state index contributed by atoms with van der Waals surface area (Å²) < 4.78 is 174. The van der Waals surface area contributed by atoms with Gasteiger partial charge in [0, 0.05) is 5.92 Å². The van der Waals surface area contributed by atoms with Crippen LogP contribution < -0.4 is 0 Å². The van der Waals surface area contributed by atoms with E-state index in [4.69, 9.17) is 0 Å². The van der Waals surface area contributed by atoms with Crippen LogP contribution in [0.15, 0.2) is 0 Å². The molecule has 2 rings (SSSR count). The van der Waals surface area contributed by atoms with E-state index in [0.29, 0.717) is 5.92 Å². The smallest absolute Gasteiger partial charge is 0.199 e. The monoisotopic (exact) mass is 540 g/mol. The second-order valence-electron chi connectivity index (χ2n) is 9.95. The average Bonchev–Trinajstić information content (AvgIpc) is 2.76. The van der Waals surface area contributed by atoms with Gasteiger partial charge in [-0.05, 0) is 56.3 Å². The van der Waals surface area contributed by atoms with E-state index in [-0.39, 0.29) is 24.7 Å². The van der Waals surface area contributed by atoms with E-state index >= 15 is 0 Å². The third kappa shape index (κ3) is 5.25. The molecule has 13 heteroatoms. The van der Waals surface area contributed by atoms with Crippen molar-refractivity contribution < 1.29 is 57.1 Å². The second-order valence-corrected chi connectivity index (χ2v) is 9.95. The summed E-state index contributed by atoms with van der Waals surface area (Å²) in [5.41, 5.74) is 0. The molecule has 208 valence electrons. The molecule has 0 amide bonds. The Bertz CT molecular complexity index is 682. The number of alkyl halides is 13. The van der Waals surface area contributed by atoms with Gasteiger partial charge in [-0.1, -0.05) is 39.0 Å². The summed E-state index contributed by atoms with van der Waals surface area (Å²) in [7, 11) is 0. The maximum atomic E-state index is 14.4. The molecule has 0 atom stereocenters. The summed E-state index contributed by atoms with van der Waals surface area (Å²) >= 11 is 0. The Labute approximate surface area is 195 Å². The quantitative estimate of drug-likeness (QED) is 0.256. The van der Waals surface area contributed by atoms with Crippen molar-refractivity contribution in [3.05, 3.63) is 0 Å². The molecule has 0 heterocycles. The maximum Gasteiger partial charge on any atom is 0.460 e. The molecule has 35 heavy (non-hydrogen) atoms. The second kappa shape index (κ2) is 10.1. The van der Waals surface area contributed by atoms with Crippen molar-refractivity contribution in [1.29, 1.82) is 0 Å². The SMILES string of the molecule is CCCCC1CCC(C2CCC(C(F)(F)C(F)(F)C(F)(F)C(F)(F)C(F)(F)C(F)(F)F)CC2)CC1. The topological polar surface area (TPSA) is 0 Å². The molecule has 0 radical (unpaired) electrons. The molecule has 0 aliphatic heterocycles. The lowest BCUT2D eigenvalue weighted by atomic mass is 9.67. The first-order valence-corrected chi connectivity index (χ1v) is 11.7. The molecular formula is C22H29F13. The lowest BCUT2D eigenvalue weighted by molar-refractivity contribution is -0.443. The molecule has 0 bridgehead atoms. The number of rotatable bonds is 9. The number of unbranched alkanes of at least 4 members (excludes halogenated alkanes) is 1. The largest absolute Gasteiger partial charge is 0.460 e. The van der Waals surface area contributed by atoms with Gasteiger partial charge in [-0.15, -0.1) is 0 Å². The summed E-state index contributed by atoms with van der Waals surface area (Å²) in [5.74, 6) is -38.4. The van der Waals surface area contributed by atoms with Gasteiger partial charge in [0.25, 0.3) is 0 Å². The Balaban J connectivity index is 2.11. The van der Waals surface area contributed by atoms with E-state index in [0.717, 1.165) is 44.9 Å². The van der Waals surface area contributed by atoms with Crippen molar-refractivity contribution >= 4 is 0 Å². The minimum atomic E-state index is -7.82. The van der Waals surface area contributed by atoms with Gasteiger partial charge in [0.2, 0.25) is 0 Å². The van der Waals surface area contributed by atoms with Gasteiger partial charge in [-0.25, -0.2) is 0 Å². The molecule has 0 saturated heterocycles. The summed E-state index contributed by atoms with van der Waals surface area (Å²) in [5, 5.41) is 0. The standard InChI is InChI=1S/C22H29F13/c1-2-3-4-13-5-7-14(8-6-13)15-9-11-16(12-10-15)17(23,24)18(25,26)19(27,28)20(29,30)21(31,32)22(33,34)35/h13-16H,2-12H2,1H3. The molecule has 2 saturated carbocycles. The third-order valence-electron chi connectivity index (χ3n) is 7.77. The molecule has 0 aromatic heterocycles. The zero-order valence-electron chi connectivity index (χ0n) is 19.0. The molecule has 0 unspecified atom stereocenters. The summed E-state index contributed by atoms with van der Waals surface area (Å²) in [6, 6.07) is 0. The van der Waals surface area contributed by atoms with Crippen LogP contribution in [0, 0.1) is 23.7 Å². The predicted octanol–water partition coefficient (Wildman–Crippen LogP) is 9.53.